The van der Waals surface area contributed by atoms with Gasteiger partial charge in [-0.15, -0.1) is 11.6 Å². The van der Waals surface area contributed by atoms with Crippen molar-refractivity contribution in [2.75, 3.05) is 19.2 Å². The molecule has 0 saturated carbocycles. The number of alkyl halides is 2. The first-order valence-electron chi connectivity index (χ1n) is 11.9. The fraction of sp³-hybridized carbons (Fsp3) is 0.870. The van der Waals surface area contributed by atoms with Gasteiger partial charge in [0.15, 0.2) is 40.7 Å². The summed E-state index contributed by atoms with van der Waals surface area (Å²) in [6, 6.07) is 0. The van der Waals surface area contributed by atoms with E-state index >= 15 is 4.39 Å². The van der Waals surface area contributed by atoms with Crippen LogP contribution >= 0.6 is 11.6 Å². The average Bonchev–Trinajstić information content (AvgIpc) is 2.93. The molecule has 0 radical (unpaired) electrons. The molecule has 4 atom stereocenters. The maximum absolute atomic E-state index is 16.3. The van der Waals surface area contributed by atoms with Crippen LogP contribution in [0.3, 0.4) is 0 Å². The second-order valence-corrected chi connectivity index (χ2v) is 22.4. The third-order valence-corrected chi connectivity index (χ3v) is 17.0. The Morgan fingerprint density at radius 3 is 2.21 bits per heavy atom. The highest BCUT2D eigenvalue weighted by Crippen LogP contribution is 2.47. The second-order valence-electron chi connectivity index (χ2n) is 12.5. The Kier molecular flexibility index (Phi) is 8.81. The lowest BCUT2D eigenvalue weighted by molar-refractivity contribution is -0.135. The van der Waals surface area contributed by atoms with Crippen molar-refractivity contribution in [3.8, 4) is 0 Å². The molecule has 2 heterocycles. The van der Waals surface area contributed by atoms with E-state index < -0.39 is 46.6 Å². The minimum atomic E-state index is -2.41. The van der Waals surface area contributed by atoms with Gasteiger partial charge in [-0.05, 0) is 42.7 Å². The van der Waals surface area contributed by atoms with Crippen LogP contribution in [0, 0.1) is 0 Å². The molecule has 34 heavy (non-hydrogen) atoms. The molecule has 2 aliphatic rings. The van der Waals surface area contributed by atoms with E-state index in [0.29, 0.717) is 6.42 Å². The van der Waals surface area contributed by atoms with Gasteiger partial charge in [0.1, 0.15) is 18.4 Å². The van der Waals surface area contributed by atoms with E-state index in [1.807, 2.05) is 0 Å². The lowest BCUT2D eigenvalue weighted by Gasteiger charge is -2.45. The molecule has 198 valence electrons. The van der Waals surface area contributed by atoms with Gasteiger partial charge in [-0.1, -0.05) is 41.5 Å². The van der Waals surface area contributed by atoms with Crippen molar-refractivity contribution in [2.24, 2.45) is 10.7 Å². The van der Waals surface area contributed by atoms with E-state index in [-0.39, 0.29) is 35.1 Å². The lowest BCUT2D eigenvalue weighted by Crippen LogP contribution is -2.56. The molecule has 6 nitrogen and oxygen atoms in total. The monoisotopic (exact) mass is 539 g/mol. The van der Waals surface area contributed by atoms with Crippen LogP contribution in [0.1, 0.15) is 48.0 Å². The van der Waals surface area contributed by atoms with E-state index in [1.165, 1.54) is 4.90 Å². The molecule has 0 aromatic carbocycles. The minimum Gasteiger partial charge on any atom is -0.414 e. The van der Waals surface area contributed by atoms with Crippen molar-refractivity contribution in [3.63, 3.8) is 0 Å². The van der Waals surface area contributed by atoms with Crippen LogP contribution in [-0.2, 0) is 13.6 Å². The molecule has 0 bridgehead atoms. The quantitative estimate of drug-likeness (QED) is 0.307. The zero-order valence-corrected chi connectivity index (χ0v) is 25.2. The molecular formula is C23H44ClF2N3O3Si2. The Morgan fingerprint density at radius 1 is 1.18 bits per heavy atom. The first-order valence-corrected chi connectivity index (χ1v) is 18.3. The third-order valence-electron chi connectivity index (χ3n) is 7.92. The molecule has 1 fully saturated rings. The average molecular weight is 540 g/mol. The van der Waals surface area contributed by atoms with E-state index in [1.54, 1.807) is 0 Å². The Hall–Kier alpha value is -0.526. The Labute approximate surface area is 211 Å². The van der Waals surface area contributed by atoms with Gasteiger partial charge >= 0.3 is 0 Å². The summed E-state index contributed by atoms with van der Waals surface area (Å²) in [6.07, 6.45) is -2.07. The highest BCUT2D eigenvalue weighted by molar-refractivity contribution is 6.74. The molecule has 0 unspecified atom stereocenters. The molecule has 0 aromatic heterocycles. The highest BCUT2D eigenvalue weighted by Gasteiger charge is 2.60. The molecule has 2 aliphatic heterocycles. The van der Waals surface area contributed by atoms with Gasteiger partial charge < -0.3 is 24.2 Å². The molecule has 2 N–H and O–H groups in total. The Morgan fingerprint density at radius 2 is 1.74 bits per heavy atom. The van der Waals surface area contributed by atoms with Crippen LogP contribution in [0.15, 0.2) is 17.0 Å². The second kappa shape index (κ2) is 10.1. The summed E-state index contributed by atoms with van der Waals surface area (Å²) in [5.74, 6) is -0.671. The van der Waals surface area contributed by atoms with Crippen LogP contribution < -0.4 is 5.73 Å². The molecule has 2 rings (SSSR count). The summed E-state index contributed by atoms with van der Waals surface area (Å²) in [6.45, 7) is 21.4. The van der Waals surface area contributed by atoms with Gasteiger partial charge in [-0.25, -0.2) is 13.8 Å². The molecule has 0 aliphatic carbocycles. The maximum atomic E-state index is 16.3. The zero-order chi connectivity index (χ0) is 26.3. The number of hydrogen-bond acceptors (Lipinski definition) is 6. The van der Waals surface area contributed by atoms with Crippen molar-refractivity contribution in [2.45, 2.75) is 108 Å². The normalized spacial score (nSPS) is 29.3. The summed E-state index contributed by atoms with van der Waals surface area (Å²) >= 11 is 6.25. The van der Waals surface area contributed by atoms with Gasteiger partial charge in [0.05, 0.1) is 6.61 Å². The first kappa shape index (κ1) is 29.7. The van der Waals surface area contributed by atoms with Crippen molar-refractivity contribution < 1.29 is 22.4 Å². The Bertz CT molecular complexity index is 799. The minimum absolute atomic E-state index is 0.00278. The predicted molar refractivity (Wildman–Crippen MR) is 141 cm³/mol. The highest BCUT2D eigenvalue weighted by atomic mass is 35.5. The molecule has 11 heteroatoms. The zero-order valence-electron chi connectivity index (χ0n) is 22.5. The van der Waals surface area contributed by atoms with Crippen LogP contribution in [0.25, 0.3) is 0 Å². The fourth-order valence-corrected chi connectivity index (χ4v) is 6.13. The van der Waals surface area contributed by atoms with Crippen LogP contribution in [0.4, 0.5) is 8.78 Å². The summed E-state index contributed by atoms with van der Waals surface area (Å²) in [5.41, 5.74) is 4.45. The predicted octanol–water partition coefficient (Wildman–Crippen LogP) is 5.90. The van der Waals surface area contributed by atoms with E-state index in [4.69, 9.17) is 30.9 Å². The third kappa shape index (κ3) is 6.06. The number of ether oxygens (including phenoxy) is 1. The number of aliphatic imine (C=N–C) groups is 1. The number of halogens is 3. The van der Waals surface area contributed by atoms with Gasteiger partial charge in [0.25, 0.3) is 0 Å². The largest absolute Gasteiger partial charge is 0.414 e. The van der Waals surface area contributed by atoms with Crippen molar-refractivity contribution in [3.05, 3.63) is 12.0 Å². The SMILES string of the molecule is CC(C)(C)[Si](C)(C)OC[C@@]1(CCCl)O[C@@H](N2C=C(F)C(N)=NC2)[C@@H](F)[C@@H]1O[Si](C)(C)C(C)(C)C. The molecular weight excluding hydrogens is 496 g/mol. The molecule has 0 amide bonds. The number of hydrogen-bond donors (Lipinski definition) is 1. The molecule has 0 spiro atoms. The van der Waals surface area contributed by atoms with Crippen LogP contribution in [-0.4, -0.2) is 70.6 Å². The summed E-state index contributed by atoms with van der Waals surface area (Å²) in [4.78, 5) is 5.37. The summed E-state index contributed by atoms with van der Waals surface area (Å²) in [7, 11) is -4.60. The smallest absolute Gasteiger partial charge is 0.192 e. The van der Waals surface area contributed by atoms with Crippen molar-refractivity contribution >= 4 is 34.1 Å². The van der Waals surface area contributed by atoms with E-state index in [0.717, 1.165) is 6.20 Å². The Balaban J connectivity index is 2.48. The summed E-state index contributed by atoms with van der Waals surface area (Å²) < 4.78 is 50.2. The van der Waals surface area contributed by atoms with Gasteiger partial charge in [0.2, 0.25) is 0 Å². The lowest BCUT2D eigenvalue weighted by atomic mass is 9.94. The van der Waals surface area contributed by atoms with Gasteiger partial charge in [-0.2, -0.15) is 0 Å². The number of nitrogens with two attached hydrogens (primary N) is 1. The fourth-order valence-electron chi connectivity index (χ4n) is 3.44. The van der Waals surface area contributed by atoms with Crippen LogP contribution in [0.5, 0.6) is 0 Å². The van der Waals surface area contributed by atoms with E-state index in [2.05, 4.69) is 72.7 Å². The summed E-state index contributed by atoms with van der Waals surface area (Å²) in [5, 5.41) is -0.184. The van der Waals surface area contributed by atoms with Crippen LogP contribution in [0.2, 0.25) is 36.3 Å². The maximum Gasteiger partial charge on any atom is 0.192 e. The number of nitrogens with zero attached hydrogens (tertiary/aromatic N) is 2. The molecule has 1 saturated heterocycles. The number of amidine groups is 1. The van der Waals surface area contributed by atoms with E-state index in [9.17, 15) is 4.39 Å². The first-order chi connectivity index (χ1) is 15.3. The standard InChI is InChI=1S/C23H44ClF2N3O3Si2/c1-21(2,3)33(7,8)30-14-23(11-12-24)18(32-34(9,10)22(4,5)6)17(26)20(31-23)29-13-16(25)19(27)28-15-29/h13,17-18,20H,11-12,14-15H2,1-10H3,(H2,27,28)/t17-,18-,20+,23+/m0/s1. The molecule has 0 aromatic rings. The topological polar surface area (TPSA) is 69.3 Å². The van der Waals surface area contributed by atoms with Gasteiger partial charge in [0, 0.05) is 12.1 Å². The van der Waals surface area contributed by atoms with Crippen molar-refractivity contribution in [1.29, 1.82) is 0 Å². The van der Waals surface area contributed by atoms with Crippen molar-refractivity contribution in [1.82, 2.24) is 4.90 Å². The number of rotatable bonds is 8. The van der Waals surface area contributed by atoms with Gasteiger partial charge in [-0.3, -0.25) is 0 Å².